The lowest BCUT2D eigenvalue weighted by Crippen LogP contribution is -2.61. The predicted octanol–water partition coefficient (Wildman–Crippen LogP) is 3.00. The Hall–Kier alpha value is -2.53. The van der Waals surface area contributed by atoms with Crippen molar-refractivity contribution in [2.24, 2.45) is 28.8 Å². The Morgan fingerprint density at radius 2 is 1.78 bits per heavy atom. The molecule has 0 aromatic heterocycles. The molecule has 15 heteroatoms. The van der Waals surface area contributed by atoms with E-state index in [1.54, 1.807) is 41.5 Å². The summed E-state index contributed by atoms with van der Waals surface area (Å²) in [5.41, 5.74) is -2.45. The van der Waals surface area contributed by atoms with Crippen molar-refractivity contribution in [3.05, 3.63) is 17.1 Å². The number of fused-ring (bicyclic) bond motifs is 5. The second-order valence-corrected chi connectivity index (χ2v) is 15.2. The number of hydrogen-bond donors (Lipinski definition) is 3. The summed E-state index contributed by atoms with van der Waals surface area (Å²) in [6, 6.07) is -0.277. The number of carbonyl (C=O) groups is 2. The van der Waals surface area contributed by atoms with Gasteiger partial charge in [0.1, 0.15) is 22.3 Å². The molecule has 50 heavy (non-hydrogen) atoms. The Bertz CT molecular complexity index is 1260. The first-order valence-electron chi connectivity index (χ1n) is 17.6. The Morgan fingerprint density at radius 1 is 1.14 bits per heavy atom. The Kier molecular flexibility index (Phi) is 14.1. The summed E-state index contributed by atoms with van der Waals surface area (Å²) in [5, 5.41) is 37.2. The number of rotatable bonds is 6. The summed E-state index contributed by atoms with van der Waals surface area (Å²) in [6.45, 7) is 19.0. The van der Waals surface area contributed by atoms with Crippen molar-refractivity contribution in [1.29, 1.82) is 0 Å². The van der Waals surface area contributed by atoms with E-state index in [-0.39, 0.29) is 43.9 Å². The number of ether oxygens (including phenoxy) is 6. The molecule has 3 aliphatic rings. The fourth-order valence-electron chi connectivity index (χ4n) is 7.94. The van der Waals surface area contributed by atoms with Crippen LogP contribution in [0.4, 0.5) is 0 Å². The minimum atomic E-state index is -1.82. The highest BCUT2D eigenvalue weighted by atomic mass is 16.7. The van der Waals surface area contributed by atoms with E-state index in [1.807, 2.05) is 25.9 Å². The Morgan fingerprint density at radius 3 is 2.34 bits per heavy atom. The van der Waals surface area contributed by atoms with Crippen LogP contribution in [0.25, 0.3) is 0 Å². The lowest BCUT2D eigenvalue weighted by Gasteiger charge is -2.49. The van der Waals surface area contributed by atoms with E-state index in [4.69, 9.17) is 28.4 Å². The van der Waals surface area contributed by atoms with Gasteiger partial charge in [-0.1, -0.05) is 34.3 Å². The molecule has 0 unspecified atom stereocenters. The highest BCUT2D eigenvalue weighted by Crippen LogP contribution is 2.41. The first kappa shape index (κ1) is 41.9. The minimum Gasteiger partial charge on any atom is -0.459 e. The number of aliphatic hydroxyl groups excluding tert-OH is 1. The topological polar surface area (TPSA) is 186 Å². The van der Waals surface area contributed by atoms with Gasteiger partial charge in [-0.3, -0.25) is 9.59 Å². The van der Waals surface area contributed by atoms with Crippen molar-refractivity contribution in [2.45, 2.75) is 142 Å². The van der Waals surface area contributed by atoms with Crippen LogP contribution in [0, 0.1) is 28.6 Å². The first-order chi connectivity index (χ1) is 23.1. The average molecular weight is 715 g/mol. The number of carbonyl (C=O) groups excluding carboxylic acids is 2. The molecule has 0 aromatic carbocycles. The maximum absolute atomic E-state index is 13.7. The van der Waals surface area contributed by atoms with Crippen molar-refractivity contribution >= 4 is 17.7 Å². The normalized spacial score (nSPS) is 43.4. The third-order valence-electron chi connectivity index (χ3n) is 10.6. The van der Waals surface area contributed by atoms with Crippen LogP contribution in [0.15, 0.2) is 17.3 Å². The van der Waals surface area contributed by atoms with Gasteiger partial charge in [-0.15, -0.1) is 0 Å². The SMILES string of the molecule is C=C1CO[C@@H]2[C@@H](C)/C(=N/[N+](=O)O)[C@H](C)C[C@@](C)(OC1)[C@H](O[C@@H]1O[C@H](C)C[C@H](N(C)C)[C@H]1OC(C)=O)[C@@H](C)[C@H](O)[C@@H](C)C(=O)O[C@H](CC)[C@@]2(C)O. The van der Waals surface area contributed by atoms with Gasteiger partial charge in [0.05, 0.1) is 60.3 Å². The summed E-state index contributed by atoms with van der Waals surface area (Å²) in [5.74, 6) is -4.61. The molecule has 0 radical (unpaired) electrons. The fraction of sp³-hybridized carbons (Fsp3) is 0.857. The van der Waals surface area contributed by atoms with Crippen LogP contribution in [-0.4, -0.2) is 130 Å². The molecule has 286 valence electrons. The van der Waals surface area contributed by atoms with Crippen molar-refractivity contribution in [1.82, 2.24) is 4.90 Å². The van der Waals surface area contributed by atoms with Crippen LogP contribution < -0.4 is 0 Å². The predicted molar refractivity (Wildman–Crippen MR) is 181 cm³/mol. The van der Waals surface area contributed by atoms with E-state index in [9.17, 15) is 29.9 Å². The zero-order chi connectivity index (χ0) is 37.9. The fourth-order valence-corrected chi connectivity index (χ4v) is 7.94. The standard InChI is InChI=1S/C35H60N3O12/c1-13-26-35(10,42)31-21(5)27(36-38(43)44)19(3)15-34(9,46-17-18(2)16-45-31)30(22(6)28(40)23(7)32(41)49-26)50-33-29(48-24(8)39)25(37(11)12)14-20(4)47-33/h19-23,25-26,28-31,33,40,42H,2,13-17H2,1,3-12H3,(H,43,44)/q+1/b36-27+/t19-,20-,21+,22+,23-,25+,26-,28+,29-,30-,31-,33+,34-,35-/m1/s1. The van der Waals surface area contributed by atoms with E-state index >= 15 is 0 Å². The van der Waals surface area contributed by atoms with Crippen molar-refractivity contribution in [3.8, 4) is 0 Å². The van der Waals surface area contributed by atoms with Crippen LogP contribution in [0.1, 0.15) is 81.6 Å². The molecule has 3 aliphatic heterocycles. The Labute approximate surface area is 295 Å². The van der Waals surface area contributed by atoms with Gasteiger partial charge in [-0.2, -0.15) is 0 Å². The third-order valence-corrected chi connectivity index (χ3v) is 10.6. The van der Waals surface area contributed by atoms with Crippen LogP contribution >= 0.6 is 0 Å². The van der Waals surface area contributed by atoms with E-state index in [2.05, 4.69) is 11.7 Å². The molecule has 3 rings (SSSR count). The third kappa shape index (κ3) is 9.46. The van der Waals surface area contributed by atoms with E-state index in [0.717, 1.165) is 0 Å². The van der Waals surface area contributed by atoms with Gasteiger partial charge in [0.2, 0.25) is 0 Å². The molecule has 15 nitrogen and oxygen atoms in total. The van der Waals surface area contributed by atoms with E-state index in [1.165, 1.54) is 13.8 Å². The van der Waals surface area contributed by atoms with Gasteiger partial charge in [0.25, 0.3) is 0 Å². The molecular weight excluding hydrogens is 654 g/mol. The number of cyclic esters (lactones) is 1. The number of likely N-dealkylation sites (N-methyl/N-ethyl adjacent to an activating group) is 1. The quantitative estimate of drug-likeness (QED) is 0.207. The zero-order valence-corrected chi connectivity index (χ0v) is 31.5. The molecule has 0 spiro atoms. The molecule has 14 atom stereocenters. The number of aliphatic hydroxyl groups is 2. The summed E-state index contributed by atoms with van der Waals surface area (Å²) >= 11 is 0. The van der Waals surface area contributed by atoms with Crippen LogP contribution in [0.3, 0.4) is 0 Å². The lowest BCUT2D eigenvalue weighted by molar-refractivity contribution is -0.796. The second-order valence-electron chi connectivity index (χ2n) is 15.2. The van der Waals surface area contributed by atoms with Crippen LogP contribution in [0.5, 0.6) is 0 Å². The number of hydrazone groups is 1. The average Bonchev–Trinajstić information content (AvgIpc) is 3.03. The zero-order valence-electron chi connectivity index (χ0n) is 31.5. The van der Waals surface area contributed by atoms with Gasteiger partial charge in [-0.25, -0.2) is 5.21 Å². The molecule has 0 amide bonds. The maximum atomic E-state index is 13.7. The summed E-state index contributed by atoms with van der Waals surface area (Å²) in [4.78, 5) is 40.1. The molecule has 0 aromatic rings. The molecular formula is C35H60N3O12+. The largest absolute Gasteiger partial charge is 0.459 e. The highest BCUT2D eigenvalue weighted by Gasteiger charge is 2.53. The van der Waals surface area contributed by atoms with Gasteiger partial charge in [0.15, 0.2) is 12.4 Å². The molecule has 0 saturated carbocycles. The van der Waals surface area contributed by atoms with Crippen molar-refractivity contribution in [2.75, 3.05) is 27.3 Å². The molecule has 3 heterocycles. The van der Waals surface area contributed by atoms with Gasteiger partial charge >= 0.3 is 17.0 Å². The van der Waals surface area contributed by atoms with Crippen molar-refractivity contribution in [3.63, 3.8) is 0 Å². The number of hydrogen-bond acceptors (Lipinski definition) is 12. The van der Waals surface area contributed by atoms with Crippen LogP contribution in [-0.2, 0) is 38.0 Å². The number of esters is 2. The smallest absolute Gasteiger partial charge is 0.387 e. The molecule has 3 N–H and O–H groups in total. The monoisotopic (exact) mass is 714 g/mol. The van der Waals surface area contributed by atoms with Gasteiger partial charge in [0, 0.05) is 24.7 Å². The summed E-state index contributed by atoms with van der Waals surface area (Å²) in [6.07, 6.45) is -6.00. The van der Waals surface area contributed by atoms with Crippen molar-refractivity contribution < 1.29 is 58.5 Å². The lowest BCUT2D eigenvalue weighted by atomic mass is 9.73. The van der Waals surface area contributed by atoms with E-state index < -0.39 is 88.7 Å². The summed E-state index contributed by atoms with van der Waals surface area (Å²) < 4.78 is 37.9. The Balaban J connectivity index is 2.31. The summed E-state index contributed by atoms with van der Waals surface area (Å²) in [7, 11) is 3.75. The minimum absolute atomic E-state index is 0.0207. The van der Waals surface area contributed by atoms with Gasteiger partial charge < -0.3 is 43.5 Å². The maximum Gasteiger partial charge on any atom is 0.387 e. The van der Waals surface area contributed by atoms with Crippen LogP contribution in [0.2, 0.25) is 0 Å². The molecule has 3 saturated heterocycles. The highest BCUT2D eigenvalue weighted by molar-refractivity contribution is 5.88. The second kappa shape index (κ2) is 16.9. The number of nitrogens with zero attached hydrogens (tertiary/aromatic N) is 3. The first-order valence-corrected chi connectivity index (χ1v) is 17.6. The van der Waals surface area contributed by atoms with E-state index in [0.29, 0.717) is 12.0 Å². The molecule has 2 bridgehead atoms. The molecule has 3 fully saturated rings. The molecule has 0 aliphatic carbocycles. The van der Waals surface area contributed by atoms with Gasteiger partial charge in [-0.05, 0) is 66.6 Å².